The molecular weight excluding hydrogens is 604 g/mol. The van der Waals surface area contributed by atoms with Crippen molar-refractivity contribution in [2.75, 3.05) is 11.9 Å². The summed E-state index contributed by atoms with van der Waals surface area (Å²) in [5.74, 6) is -2.05. The monoisotopic (exact) mass is 636 g/mol. The van der Waals surface area contributed by atoms with Crippen LogP contribution in [0.3, 0.4) is 0 Å². The van der Waals surface area contributed by atoms with Crippen LogP contribution in [-0.2, 0) is 25.5 Å². The second-order valence-electron chi connectivity index (χ2n) is 11.4. The number of fused-ring (bicyclic) bond motifs is 2. The van der Waals surface area contributed by atoms with Gasteiger partial charge in [-0.15, -0.1) is 11.3 Å². The second-order valence-corrected chi connectivity index (χ2v) is 13.2. The summed E-state index contributed by atoms with van der Waals surface area (Å²) >= 11 is 4.65. The quantitative estimate of drug-likeness (QED) is 0.219. The summed E-state index contributed by atoms with van der Waals surface area (Å²) in [6.07, 6.45) is 1.37. The molecule has 0 spiro atoms. The fourth-order valence-electron chi connectivity index (χ4n) is 6.18. The van der Waals surface area contributed by atoms with Crippen molar-refractivity contribution in [2.45, 2.75) is 53.0 Å². The molecule has 3 amide bonds. The normalized spacial score (nSPS) is 22.0. The second kappa shape index (κ2) is 11.2. The third-order valence-corrected chi connectivity index (χ3v) is 10.4. The molecular formula is C32H33BrN2O5S. The number of anilines is 1. The van der Waals surface area contributed by atoms with E-state index in [9.17, 15) is 19.2 Å². The van der Waals surface area contributed by atoms with Crippen LogP contribution in [0, 0.1) is 16.7 Å². The Morgan fingerprint density at radius 1 is 1.10 bits per heavy atom. The van der Waals surface area contributed by atoms with E-state index in [0.29, 0.717) is 23.4 Å². The molecule has 1 saturated heterocycles. The van der Waals surface area contributed by atoms with Gasteiger partial charge >= 0.3 is 5.97 Å². The zero-order valence-corrected chi connectivity index (χ0v) is 25.9. The van der Waals surface area contributed by atoms with Crippen molar-refractivity contribution in [1.82, 2.24) is 4.90 Å². The minimum Gasteiger partial charge on any atom is -0.462 e. The van der Waals surface area contributed by atoms with Crippen LogP contribution < -0.4 is 5.32 Å². The first-order valence-electron chi connectivity index (χ1n) is 13.8. The number of imide groups is 1. The Balaban J connectivity index is 1.54. The number of carbonyl (C=O) groups is 4. The largest absolute Gasteiger partial charge is 0.462 e. The van der Waals surface area contributed by atoms with Gasteiger partial charge in [0.15, 0.2) is 0 Å². The number of halogens is 1. The lowest BCUT2D eigenvalue weighted by Gasteiger charge is -2.49. The van der Waals surface area contributed by atoms with Crippen LogP contribution in [0.15, 0.2) is 64.5 Å². The lowest BCUT2D eigenvalue weighted by Crippen LogP contribution is -2.64. The van der Waals surface area contributed by atoms with Gasteiger partial charge in [0.25, 0.3) is 0 Å². The molecule has 2 heterocycles. The van der Waals surface area contributed by atoms with Gasteiger partial charge in [-0.1, -0.05) is 79.2 Å². The van der Waals surface area contributed by atoms with E-state index in [4.69, 9.17) is 4.74 Å². The number of thiophene rings is 1. The van der Waals surface area contributed by atoms with Crippen LogP contribution in [-0.4, -0.2) is 41.2 Å². The van der Waals surface area contributed by atoms with E-state index in [0.717, 1.165) is 15.6 Å². The average molecular weight is 638 g/mol. The summed E-state index contributed by atoms with van der Waals surface area (Å²) in [5.41, 5.74) is 1.23. The molecule has 2 fully saturated rings. The number of piperidine rings is 1. The third-order valence-electron chi connectivity index (χ3n) is 9.00. The standard InChI is InChI=1S/C32H33BrN2O5S/c1-5-40-29(38)25-22(20-11-13-21(33)14-12-20)18-41-27(25)34-26(36)24(17-19-9-7-6-8-10-19)35-28(37)23-15-16-32(4,30(35)39)31(23,2)3/h6-14,18,23-24H,5,15-17H2,1-4H3,(H,34,36). The SMILES string of the molecule is CCOC(=O)c1c(-c2ccc(Br)cc2)csc1NC(=O)C(Cc1ccccc1)N1C(=O)C2CCC(C)(C1=O)C2(C)C. The lowest BCUT2D eigenvalue weighted by molar-refractivity contribution is -0.172. The van der Waals surface area contributed by atoms with Gasteiger partial charge in [-0.05, 0) is 48.4 Å². The van der Waals surface area contributed by atoms with Crippen LogP contribution in [0.2, 0.25) is 0 Å². The Morgan fingerprint density at radius 2 is 1.78 bits per heavy atom. The Bertz CT molecular complexity index is 1500. The first-order valence-corrected chi connectivity index (χ1v) is 15.4. The number of nitrogens with zero attached hydrogens (tertiary/aromatic N) is 1. The van der Waals surface area contributed by atoms with E-state index in [1.807, 2.05) is 75.4 Å². The van der Waals surface area contributed by atoms with Crippen molar-refractivity contribution in [3.63, 3.8) is 0 Å². The van der Waals surface area contributed by atoms with Crippen molar-refractivity contribution in [3.8, 4) is 11.1 Å². The first-order chi connectivity index (χ1) is 19.5. The molecule has 3 aromatic rings. The minimum atomic E-state index is -1.08. The fraction of sp³-hybridized carbons (Fsp3) is 0.375. The maximum atomic E-state index is 14.1. The Morgan fingerprint density at radius 3 is 2.44 bits per heavy atom. The molecule has 1 aromatic heterocycles. The zero-order valence-electron chi connectivity index (χ0n) is 23.5. The highest BCUT2D eigenvalue weighted by Crippen LogP contribution is 2.60. The number of hydrogen-bond acceptors (Lipinski definition) is 6. The maximum Gasteiger partial charge on any atom is 0.341 e. The van der Waals surface area contributed by atoms with Crippen molar-refractivity contribution >= 4 is 56.0 Å². The smallest absolute Gasteiger partial charge is 0.341 e. The summed E-state index contributed by atoms with van der Waals surface area (Å²) in [7, 11) is 0. The van der Waals surface area contributed by atoms with E-state index in [1.54, 1.807) is 12.3 Å². The summed E-state index contributed by atoms with van der Waals surface area (Å²) in [4.78, 5) is 56.4. The van der Waals surface area contributed by atoms with Gasteiger partial charge < -0.3 is 10.1 Å². The van der Waals surface area contributed by atoms with Gasteiger partial charge in [0.1, 0.15) is 16.6 Å². The van der Waals surface area contributed by atoms with Crippen molar-refractivity contribution in [1.29, 1.82) is 0 Å². The van der Waals surface area contributed by atoms with Crippen LogP contribution in [0.1, 0.15) is 56.5 Å². The van der Waals surface area contributed by atoms with Gasteiger partial charge in [0, 0.05) is 27.8 Å². The fourth-order valence-corrected chi connectivity index (χ4v) is 7.40. The number of ether oxygens (including phenoxy) is 1. The predicted molar refractivity (Wildman–Crippen MR) is 162 cm³/mol. The van der Waals surface area contributed by atoms with Crippen molar-refractivity contribution in [2.24, 2.45) is 16.7 Å². The van der Waals surface area contributed by atoms with Crippen LogP contribution in [0.25, 0.3) is 11.1 Å². The number of benzene rings is 2. The van der Waals surface area contributed by atoms with Gasteiger partial charge in [-0.25, -0.2) is 4.79 Å². The Labute approximate surface area is 252 Å². The zero-order chi connectivity index (χ0) is 29.5. The van der Waals surface area contributed by atoms with E-state index in [-0.39, 0.29) is 36.3 Å². The summed E-state index contributed by atoms with van der Waals surface area (Å²) in [6.45, 7) is 7.76. The van der Waals surface area contributed by atoms with E-state index in [1.165, 1.54) is 16.2 Å². The number of likely N-dealkylation sites (tertiary alicyclic amines) is 1. The van der Waals surface area contributed by atoms with Crippen molar-refractivity contribution in [3.05, 3.63) is 75.6 Å². The minimum absolute atomic E-state index is 0.160. The van der Waals surface area contributed by atoms with Crippen LogP contribution in [0.5, 0.6) is 0 Å². The molecule has 1 saturated carbocycles. The summed E-state index contributed by atoms with van der Waals surface area (Å²) in [5, 5.41) is 5.04. The Hall–Kier alpha value is -3.30. The number of amides is 3. The highest BCUT2D eigenvalue weighted by molar-refractivity contribution is 9.10. The van der Waals surface area contributed by atoms with Crippen LogP contribution >= 0.6 is 27.3 Å². The molecule has 3 atom stereocenters. The molecule has 3 unspecified atom stereocenters. The number of carbonyl (C=O) groups excluding carboxylic acids is 4. The molecule has 5 rings (SSSR count). The summed E-state index contributed by atoms with van der Waals surface area (Å²) in [6, 6.07) is 15.8. The molecule has 9 heteroatoms. The molecule has 2 aromatic carbocycles. The number of esters is 1. The van der Waals surface area contributed by atoms with Gasteiger partial charge in [0.05, 0.1) is 12.0 Å². The highest BCUT2D eigenvalue weighted by atomic mass is 79.9. The molecule has 2 aliphatic rings. The third kappa shape index (κ3) is 5.03. The Kier molecular flexibility index (Phi) is 7.96. The molecule has 1 aliphatic heterocycles. The predicted octanol–water partition coefficient (Wildman–Crippen LogP) is 6.72. The maximum absolute atomic E-state index is 14.1. The lowest BCUT2D eigenvalue weighted by atomic mass is 9.62. The molecule has 0 radical (unpaired) electrons. The number of nitrogens with one attached hydrogen (secondary N) is 1. The molecule has 1 N–H and O–H groups in total. The molecule has 1 aliphatic carbocycles. The average Bonchev–Trinajstić information content (AvgIpc) is 3.43. The van der Waals surface area contributed by atoms with Crippen molar-refractivity contribution < 1.29 is 23.9 Å². The molecule has 214 valence electrons. The van der Waals surface area contributed by atoms with Gasteiger partial charge in [-0.2, -0.15) is 0 Å². The van der Waals surface area contributed by atoms with Gasteiger partial charge in [-0.3, -0.25) is 19.3 Å². The topological polar surface area (TPSA) is 92.8 Å². The van der Waals surface area contributed by atoms with Crippen LogP contribution in [0.4, 0.5) is 5.00 Å². The number of hydrogen-bond donors (Lipinski definition) is 1. The van der Waals surface area contributed by atoms with E-state index >= 15 is 0 Å². The summed E-state index contributed by atoms with van der Waals surface area (Å²) < 4.78 is 6.26. The highest BCUT2D eigenvalue weighted by Gasteiger charge is 2.65. The molecule has 2 bridgehead atoms. The molecule has 7 nitrogen and oxygen atoms in total. The van der Waals surface area contributed by atoms with E-state index in [2.05, 4.69) is 21.2 Å². The van der Waals surface area contributed by atoms with E-state index < -0.39 is 28.7 Å². The first kappa shape index (κ1) is 29.2. The van der Waals surface area contributed by atoms with Gasteiger partial charge in [0.2, 0.25) is 17.7 Å². The number of rotatable bonds is 8. The molecule has 41 heavy (non-hydrogen) atoms.